The van der Waals surface area contributed by atoms with Crippen molar-refractivity contribution in [1.29, 1.82) is 0 Å². The molecule has 2 N–H and O–H groups in total. The molecule has 0 fully saturated rings. The van der Waals surface area contributed by atoms with Gasteiger partial charge in [-0.1, -0.05) is 18.2 Å². The number of nitrogens with zero attached hydrogens (tertiary/aromatic N) is 3. The number of pyridine rings is 1. The van der Waals surface area contributed by atoms with Crippen molar-refractivity contribution in [2.45, 2.75) is 6.04 Å². The molecule has 4 nitrogen and oxygen atoms in total. The van der Waals surface area contributed by atoms with Gasteiger partial charge in [0.1, 0.15) is 5.82 Å². The van der Waals surface area contributed by atoms with E-state index in [0.717, 1.165) is 22.8 Å². The average Bonchev–Trinajstić information content (AvgIpc) is 2.76. The van der Waals surface area contributed by atoms with Crippen LogP contribution >= 0.6 is 0 Å². The maximum atomic E-state index is 13.2. The standard InChI is InChI=1S/C14H13FN4/c1-19-12-5-3-2-4-11(12)14(18-19)13(16)9-6-10(15)8-17-7-9/h2-8,13H,16H2,1H3. The lowest BCUT2D eigenvalue weighted by Crippen LogP contribution is -2.13. The number of aromatic nitrogens is 3. The largest absolute Gasteiger partial charge is 0.319 e. The number of fused-ring (bicyclic) bond motifs is 1. The number of hydrogen-bond donors (Lipinski definition) is 1. The van der Waals surface area contributed by atoms with Gasteiger partial charge < -0.3 is 5.73 Å². The number of nitrogens with two attached hydrogens (primary N) is 1. The number of halogens is 1. The minimum Gasteiger partial charge on any atom is -0.319 e. The quantitative estimate of drug-likeness (QED) is 0.764. The van der Waals surface area contributed by atoms with E-state index in [0.29, 0.717) is 5.56 Å². The predicted molar refractivity (Wildman–Crippen MR) is 70.9 cm³/mol. The molecule has 2 heterocycles. The van der Waals surface area contributed by atoms with Gasteiger partial charge in [0.25, 0.3) is 0 Å². The fourth-order valence-corrected chi connectivity index (χ4v) is 2.23. The molecule has 0 saturated heterocycles. The van der Waals surface area contributed by atoms with Crippen LogP contribution in [0.2, 0.25) is 0 Å². The van der Waals surface area contributed by atoms with E-state index in [1.54, 1.807) is 10.9 Å². The minimum atomic E-state index is -0.491. The lowest BCUT2D eigenvalue weighted by molar-refractivity contribution is 0.615. The second-order valence-electron chi connectivity index (χ2n) is 4.44. The molecule has 1 unspecified atom stereocenters. The Labute approximate surface area is 109 Å². The third-order valence-corrected chi connectivity index (χ3v) is 3.17. The molecule has 0 aliphatic rings. The molecule has 0 amide bonds. The number of para-hydroxylation sites is 1. The van der Waals surface area contributed by atoms with Gasteiger partial charge in [0.2, 0.25) is 0 Å². The highest BCUT2D eigenvalue weighted by atomic mass is 19.1. The Balaban J connectivity index is 2.14. The van der Waals surface area contributed by atoms with Crippen LogP contribution in [-0.2, 0) is 7.05 Å². The maximum Gasteiger partial charge on any atom is 0.141 e. The van der Waals surface area contributed by atoms with E-state index < -0.39 is 11.9 Å². The first-order valence-corrected chi connectivity index (χ1v) is 5.94. The first-order valence-electron chi connectivity index (χ1n) is 5.94. The van der Waals surface area contributed by atoms with Gasteiger partial charge in [-0.05, 0) is 17.7 Å². The van der Waals surface area contributed by atoms with Crippen LogP contribution in [0.5, 0.6) is 0 Å². The molecule has 3 rings (SSSR count). The van der Waals surface area contributed by atoms with E-state index in [-0.39, 0.29) is 0 Å². The Morgan fingerprint density at radius 2 is 2.05 bits per heavy atom. The smallest absolute Gasteiger partial charge is 0.141 e. The molecule has 0 spiro atoms. The van der Waals surface area contributed by atoms with Gasteiger partial charge >= 0.3 is 0 Å². The molecule has 1 atom stereocenters. The number of aryl methyl sites for hydroxylation is 1. The molecule has 5 heteroatoms. The molecule has 0 radical (unpaired) electrons. The summed E-state index contributed by atoms with van der Waals surface area (Å²) in [7, 11) is 1.86. The van der Waals surface area contributed by atoms with Crippen LogP contribution < -0.4 is 5.73 Å². The molecule has 2 aromatic heterocycles. The first kappa shape index (κ1) is 11.8. The van der Waals surface area contributed by atoms with Crippen molar-refractivity contribution in [2.75, 3.05) is 0 Å². The molecular weight excluding hydrogens is 243 g/mol. The monoisotopic (exact) mass is 256 g/mol. The van der Waals surface area contributed by atoms with Crippen LogP contribution in [0.15, 0.2) is 42.7 Å². The number of hydrogen-bond acceptors (Lipinski definition) is 3. The lowest BCUT2D eigenvalue weighted by atomic mass is 10.0. The topological polar surface area (TPSA) is 56.7 Å². The van der Waals surface area contributed by atoms with Crippen LogP contribution in [-0.4, -0.2) is 14.8 Å². The number of benzene rings is 1. The van der Waals surface area contributed by atoms with Crippen molar-refractivity contribution < 1.29 is 4.39 Å². The zero-order valence-electron chi connectivity index (χ0n) is 10.4. The van der Waals surface area contributed by atoms with Gasteiger partial charge in [0, 0.05) is 18.6 Å². The Morgan fingerprint density at radius 3 is 2.84 bits per heavy atom. The van der Waals surface area contributed by atoms with Crippen LogP contribution in [0.4, 0.5) is 4.39 Å². The Morgan fingerprint density at radius 1 is 1.26 bits per heavy atom. The summed E-state index contributed by atoms with van der Waals surface area (Å²) in [6, 6.07) is 8.72. The SMILES string of the molecule is Cn1nc(C(N)c2cncc(F)c2)c2ccccc21. The van der Waals surface area contributed by atoms with E-state index >= 15 is 0 Å². The van der Waals surface area contributed by atoms with Crippen molar-refractivity contribution in [2.24, 2.45) is 12.8 Å². The van der Waals surface area contributed by atoms with E-state index in [2.05, 4.69) is 10.1 Å². The Hall–Kier alpha value is -2.27. The summed E-state index contributed by atoms with van der Waals surface area (Å²) >= 11 is 0. The summed E-state index contributed by atoms with van der Waals surface area (Å²) in [5, 5.41) is 5.41. The summed E-state index contributed by atoms with van der Waals surface area (Å²) in [4.78, 5) is 3.83. The van der Waals surface area contributed by atoms with E-state index in [1.165, 1.54) is 6.07 Å². The summed E-state index contributed by atoms with van der Waals surface area (Å²) in [6.45, 7) is 0. The van der Waals surface area contributed by atoms with Crippen molar-refractivity contribution >= 4 is 10.9 Å². The first-order chi connectivity index (χ1) is 9.16. The fraction of sp³-hybridized carbons (Fsp3) is 0.143. The van der Waals surface area contributed by atoms with Gasteiger partial charge in [0.15, 0.2) is 0 Å². The molecule has 3 aromatic rings. The minimum absolute atomic E-state index is 0.395. The number of rotatable bonds is 2. The Bertz CT molecular complexity index is 735. The summed E-state index contributed by atoms with van der Waals surface area (Å²) in [6.07, 6.45) is 2.73. The fourth-order valence-electron chi connectivity index (χ4n) is 2.23. The van der Waals surface area contributed by atoms with Crippen molar-refractivity contribution in [1.82, 2.24) is 14.8 Å². The second kappa shape index (κ2) is 4.44. The van der Waals surface area contributed by atoms with Gasteiger partial charge in [-0.25, -0.2) is 4.39 Å². The third kappa shape index (κ3) is 1.98. The van der Waals surface area contributed by atoms with Crippen molar-refractivity contribution in [3.05, 3.63) is 59.8 Å². The molecule has 0 aliphatic heterocycles. The molecule has 0 aliphatic carbocycles. The van der Waals surface area contributed by atoms with Crippen molar-refractivity contribution in [3.63, 3.8) is 0 Å². The summed E-state index contributed by atoms with van der Waals surface area (Å²) < 4.78 is 15.0. The van der Waals surface area contributed by atoms with E-state index in [1.807, 2.05) is 31.3 Å². The molecule has 96 valence electrons. The second-order valence-corrected chi connectivity index (χ2v) is 4.44. The third-order valence-electron chi connectivity index (χ3n) is 3.17. The van der Waals surface area contributed by atoms with Crippen LogP contribution in [0.1, 0.15) is 17.3 Å². The highest BCUT2D eigenvalue weighted by Gasteiger charge is 2.17. The predicted octanol–water partition coefficient (Wildman–Crippen LogP) is 2.16. The summed E-state index contributed by atoms with van der Waals surface area (Å²) in [5.41, 5.74) is 8.52. The van der Waals surface area contributed by atoms with Gasteiger partial charge in [-0.3, -0.25) is 9.67 Å². The lowest BCUT2D eigenvalue weighted by Gasteiger charge is -2.09. The Kier molecular flexibility index (Phi) is 2.76. The summed E-state index contributed by atoms with van der Waals surface area (Å²) in [5.74, 6) is -0.395. The van der Waals surface area contributed by atoms with E-state index in [4.69, 9.17) is 5.73 Å². The average molecular weight is 256 g/mol. The molecule has 0 bridgehead atoms. The van der Waals surface area contributed by atoms with E-state index in [9.17, 15) is 4.39 Å². The zero-order valence-corrected chi connectivity index (χ0v) is 10.4. The normalized spacial score (nSPS) is 12.8. The van der Waals surface area contributed by atoms with Gasteiger partial charge in [0.05, 0.1) is 23.4 Å². The van der Waals surface area contributed by atoms with Gasteiger partial charge in [-0.2, -0.15) is 5.10 Å². The molecule has 1 aromatic carbocycles. The van der Waals surface area contributed by atoms with Crippen LogP contribution in [0, 0.1) is 5.82 Å². The van der Waals surface area contributed by atoms with Gasteiger partial charge in [-0.15, -0.1) is 0 Å². The molecule has 0 saturated carbocycles. The van der Waals surface area contributed by atoms with Crippen molar-refractivity contribution in [3.8, 4) is 0 Å². The molecular formula is C14H13FN4. The van der Waals surface area contributed by atoms with Crippen LogP contribution in [0.25, 0.3) is 10.9 Å². The highest BCUT2D eigenvalue weighted by Crippen LogP contribution is 2.26. The zero-order chi connectivity index (χ0) is 13.4. The molecule has 19 heavy (non-hydrogen) atoms. The van der Waals surface area contributed by atoms with Crippen LogP contribution in [0.3, 0.4) is 0 Å². The maximum absolute atomic E-state index is 13.2. The highest BCUT2D eigenvalue weighted by molar-refractivity contribution is 5.82.